The van der Waals surface area contributed by atoms with Crippen LogP contribution in [-0.4, -0.2) is 72.1 Å². The highest BCUT2D eigenvalue weighted by Gasteiger charge is 2.38. The molecule has 0 bridgehead atoms. The Morgan fingerprint density at radius 3 is 2.41 bits per heavy atom. The van der Waals surface area contributed by atoms with Gasteiger partial charge in [0.25, 0.3) is 15.8 Å². The van der Waals surface area contributed by atoms with E-state index < -0.39 is 43.3 Å². The number of nitrogens with two attached hydrogens (primary N) is 1. The van der Waals surface area contributed by atoms with Crippen LogP contribution in [0.25, 0.3) is 0 Å². The molecule has 1 aliphatic heterocycles. The fraction of sp³-hybridized carbons (Fsp3) is 0.526. The van der Waals surface area contributed by atoms with Crippen LogP contribution in [-0.2, 0) is 40.1 Å². The Bertz CT molecular complexity index is 996. The van der Waals surface area contributed by atoms with Gasteiger partial charge in [0.2, 0.25) is 11.8 Å². The number of carbonyl (C=O) groups excluding carboxylic acids is 3. The van der Waals surface area contributed by atoms with Crippen LogP contribution in [0.15, 0.2) is 24.3 Å². The summed E-state index contributed by atoms with van der Waals surface area (Å²) in [4.78, 5) is 45.8. The number of nitro benzene ring substituents is 1. The molecule has 1 heterocycles. The third-order valence-electron chi connectivity index (χ3n) is 4.72. The van der Waals surface area contributed by atoms with Gasteiger partial charge in [0, 0.05) is 31.0 Å². The third-order valence-corrected chi connectivity index (χ3v) is 7.64. The second-order valence-corrected chi connectivity index (χ2v) is 10.5. The standard InChI is InChI=1S/C19H26N4O9S2/c1-13(18(25)21-10-17(20)24)33-12-16(34(29,30)32-22-8-2-3-9-22)19(26)31-11-14-4-6-15(7-5-14)23(27)28/h4-7,13,16H,2-3,8-12H2,1H3,(H2,20,24)(H,21,25)/t13-,16+/m0/s1. The molecule has 1 fully saturated rings. The van der Waals surface area contributed by atoms with Gasteiger partial charge in [-0.25, -0.2) is 0 Å². The fourth-order valence-corrected chi connectivity index (χ4v) is 5.40. The number of nitro groups is 1. The van der Waals surface area contributed by atoms with E-state index in [0.29, 0.717) is 18.7 Å². The highest BCUT2D eigenvalue weighted by Crippen LogP contribution is 2.22. The zero-order valence-electron chi connectivity index (χ0n) is 18.4. The fourth-order valence-electron chi connectivity index (χ4n) is 2.82. The number of nitrogens with zero attached hydrogens (tertiary/aromatic N) is 2. The summed E-state index contributed by atoms with van der Waals surface area (Å²) >= 11 is 0.867. The molecular weight excluding hydrogens is 492 g/mol. The topological polar surface area (TPSA) is 188 Å². The van der Waals surface area contributed by atoms with Crippen molar-refractivity contribution >= 4 is 45.4 Å². The first-order chi connectivity index (χ1) is 16.0. The number of thioether (sulfide) groups is 1. The summed E-state index contributed by atoms with van der Waals surface area (Å²) in [6.07, 6.45) is 1.49. The van der Waals surface area contributed by atoms with Crippen molar-refractivity contribution in [1.82, 2.24) is 10.4 Å². The summed E-state index contributed by atoms with van der Waals surface area (Å²) in [6, 6.07) is 5.23. The number of ether oxygens (including phenoxy) is 1. The van der Waals surface area contributed by atoms with Gasteiger partial charge in [-0.15, -0.1) is 11.8 Å². The highest BCUT2D eigenvalue weighted by molar-refractivity contribution is 8.01. The average Bonchev–Trinajstić information content (AvgIpc) is 3.28. The van der Waals surface area contributed by atoms with Crippen molar-refractivity contribution < 1.29 is 36.7 Å². The van der Waals surface area contributed by atoms with Gasteiger partial charge < -0.3 is 15.8 Å². The maximum Gasteiger partial charge on any atom is 0.328 e. The lowest BCUT2D eigenvalue weighted by Crippen LogP contribution is -2.41. The quantitative estimate of drug-likeness (QED) is 0.204. The molecule has 15 heteroatoms. The number of esters is 1. The molecule has 0 aromatic heterocycles. The molecule has 2 atom stereocenters. The van der Waals surface area contributed by atoms with Crippen molar-refractivity contribution in [1.29, 1.82) is 0 Å². The molecule has 2 amide bonds. The molecule has 2 rings (SSSR count). The predicted octanol–water partition coefficient (Wildman–Crippen LogP) is 0.0870. The zero-order chi connectivity index (χ0) is 25.3. The molecular formula is C19H26N4O9S2. The second kappa shape index (κ2) is 12.6. The number of primary amides is 1. The van der Waals surface area contributed by atoms with E-state index in [1.165, 1.54) is 36.3 Å². The van der Waals surface area contributed by atoms with Crippen LogP contribution in [0.1, 0.15) is 25.3 Å². The molecule has 0 radical (unpaired) electrons. The van der Waals surface area contributed by atoms with Crippen LogP contribution < -0.4 is 11.1 Å². The molecule has 1 aromatic rings. The first kappa shape index (κ1) is 27.5. The smallest absolute Gasteiger partial charge is 0.328 e. The van der Waals surface area contributed by atoms with Crippen molar-refractivity contribution in [3.05, 3.63) is 39.9 Å². The van der Waals surface area contributed by atoms with Crippen molar-refractivity contribution in [3.8, 4) is 0 Å². The summed E-state index contributed by atoms with van der Waals surface area (Å²) in [5, 5.41) is 11.8. The SMILES string of the molecule is C[C@H](SC[C@H](C(=O)OCc1ccc([N+](=O)[O-])cc1)S(=O)(=O)ON1CCCC1)C(=O)NCC(N)=O. The zero-order valence-corrected chi connectivity index (χ0v) is 20.0. The molecule has 0 saturated carbocycles. The van der Waals surface area contributed by atoms with Gasteiger partial charge in [-0.3, -0.25) is 24.5 Å². The van der Waals surface area contributed by atoms with E-state index in [-0.39, 0.29) is 24.6 Å². The van der Waals surface area contributed by atoms with Crippen LogP contribution in [0.3, 0.4) is 0 Å². The summed E-state index contributed by atoms with van der Waals surface area (Å²) in [5.41, 5.74) is 5.26. The van der Waals surface area contributed by atoms with Crippen molar-refractivity contribution in [2.24, 2.45) is 5.73 Å². The number of carbonyl (C=O) groups is 3. The molecule has 1 aromatic carbocycles. The monoisotopic (exact) mass is 518 g/mol. The second-order valence-electron chi connectivity index (χ2n) is 7.38. The Morgan fingerprint density at radius 2 is 1.85 bits per heavy atom. The molecule has 3 N–H and O–H groups in total. The van der Waals surface area contributed by atoms with E-state index in [4.69, 9.17) is 14.8 Å². The van der Waals surface area contributed by atoms with Crippen LogP contribution in [0.4, 0.5) is 5.69 Å². The van der Waals surface area contributed by atoms with Crippen LogP contribution in [0, 0.1) is 10.1 Å². The van der Waals surface area contributed by atoms with Crippen LogP contribution in [0.5, 0.6) is 0 Å². The van der Waals surface area contributed by atoms with E-state index in [0.717, 1.165) is 24.6 Å². The molecule has 0 aliphatic carbocycles. The minimum atomic E-state index is -4.44. The van der Waals surface area contributed by atoms with E-state index >= 15 is 0 Å². The van der Waals surface area contributed by atoms with E-state index in [9.17, 15) is 32.9 Å². The number of non-ortho nitro benzene ring substituents is 1. The predicted molar refractivity (Wildman–Crippen MR) is 122 cm³/mol. The molecule has 188 valence electrons. The third kappa shape index (κ3) is 8.55. The summed E-state index contributed by atoms with van der Waals surface area (Å²) in [6.45, 7) is 1.58. The number of amides is 2. The lowest BCUT2D eigenvalue weighted by Gasteiger charge is -2.21. The van der Waals surface area contributed by atoms with Gasteiger partial charge in [-0.2, -0.15) is 17.8 Å². The molecule has 0 spiro atoms. The summed E-state index contributed by atoms with van der Waals surface area (Å²) in [5.74, 6) is -2.73. The molecule has 0 unspecified atom stereocenters. The number of hydrogen-bond donors (Lipinski definition) is 2. The minimum Gasteiger partial charge on any atom is -0.460 e. The van der Waals surface area contributed by atoms with Gasteiger partial charge in [0.15, 0.2) is 5.25 Å². The van der Waals surface area contributed by atoms with E-state index in [1.807, 2.05) is 0 Å². The van der Waals surface area contributed by atoms with Crippen LogP contribution >= 0.6 is 11.8 Å². The normalized spacial score (nSPS) is 15.9. The van der Waals surface area contributed by atoms with Gasteiger partial charge in [0.1, 0.15) is 6.61 Å². The number of rotatable bonds is 13. The van der Waals surface area contributed by atoms with Crippen molar-refractivity contribution in [2.45, 2.75) is 36.9 Å². The Hall–Kier alpha value is -2.75. The van der Waals surface area contributed by atoms with E-state index in [1.54, 1.807) is 0 Å². The first-order valence-electron chi connectivity index (χ1n) is 10.3. The van der Waals surface area contributed by atoms with Crippen LogP contribution in [0.2, 0.25) is 0 Å². The Balaban J connectivity index is 2.07. The first-order valence-corrected chi connectivity index (χ1v) is 12.8. The Kier molecular flexibility index (Phi) is 10.2. The number of nitrogens with one attached hydrogen (secondary N) is 1. The summed E-state index contributed by atoms with van der Waals surface area (Å²) in [7, 11) is -4.44. The maximum absolute atomic E-state index is 12.8. The highest BCUT2D eigenvalue weighted by atomic mass is 32.2. The van der Waals surface area contributed by atoms with Gasteiger partial charge in [-0.1, -0.05) is 0 Å². The summed E-state index contributed by atoms with van der Waals surface area (Å²) < 4.78 is 35.9. The average molecular weight is 519 g/mol. The molecule has 1 aliphatic rings. The number of hydroxylamine groups is 2. The molecule has 34 heavy (non-hydrogen) atoms. The lowest BCUT2D eigenvalue weighted by molar-refractivity contribution is -0.384. The molecule has 1 saturated heterocycles. The number of benzene rings is 1. The minimum absolute atomic E-state index is 0.144. The molecule has 13 nitrogen and oxygen atoms in total. The maximum atomic E-state index is 12.8. The van der Waals surface area contributed by atoms with Gasteiger partial charge in [0.05, 0.1) is 16.7 Å². The van der Waals surface area contributed by atoms with Crippen molar-refractivity contribution in [2.75, 3.05) is 25.4 Å². The van der Waals surface area contributed by atoms with Gasteiger partial charge in [-0.05, 0) is 37.5 Å². The van der Waals surface area contributed by atoms with Gasteiger partial charge >= 0.3 is 5.97 Å². The Labute approximate surface area is 200 Å². The lowest BCUT2D eigenvalue weighted by atomic mass is 10.2. The van der Waals surface area contributed by atoms with Crippen molar-refractivity contribution in [3.63, 3.8) is 0 Å². The van der Waals surface area contributed by atoms with E-state index in [2.05, 4.69) is 5.32 Å². The number of hydrogen-bond acceptors (Lipinski definition) is 11. The largest absolute Gasteiger partial charge is 0.460 e. The Morgan fingerprint density at radius 1 is 1.24 bits per heavy atom.